The van der Waals surface area contributed by atoms with Gasteiger partial charge in [-0.15, -0.1) is 0 Å². The van der Waals surface area contributed by atoms with Crippen LogP contribution in [0.5, 0.6) is 11.5 Å². The molecule has 2 rings (SSSR count). The molecule has 0 spiro atoms. The Morgan fingerprint density at radius 3 is 2.46 bits per heavy atom. The van der Waals surface area contributed by atoms with Crippen molar-refractivity contribution in [3.63, 3.8) is 0 Å². The van der Waals surface area contributed by atoms with Crippen molar-refractivity contribution < 1.29 is 10.2 Å². The number of rotatable bonds is 1. The van der Waals surface area contributed by atoms with E-state index in [1.54, 1.807) is 12.1 Å². The topological polar surface area (TPSA) is 66.5 Å². The van der Waals surface area contributed by atoms with Gasteiger partial charge in [-0.05, 0) is 25.3 Å². The number of aromatic hydroxyl groups is 2. The van der Waals surface area contributed by atoms with Gasteiger partial charge in [-0.3, -0.25) is 0 Å². The van der Waals surface area contributed by atoms with E-state index in [4.69, 9.17) is 5.73 Å². The van der Waals surface area contributed by atoms with Crippen LogP contribution in [0, 0.1) is 0 Å². The Bertz CT molecular complexity index is 332. The number of nitrogens with two attached hydrogens (primary N) is 1. The molecule has 1 fully saturated rings. The third-order valence-corrected chi connectivity index (χ3v) is 2.80. The van der Waals surface area contributed by atoms with Crippen molar-refractivity contribution in [1.29, 1.82) is 0 Å². The fraction of sp³-hybridized carbons (Fsp3) is 0.400. The quantitative estimate of drug-likeness (QED) is 0.571. The van der Waals surface area contributed by atoms with Crippen molar-refractivity contribution in [2.24, 2.45) is 5.73 Å². The molecule has 0 heterocycles. The van der Waals surface area contributed by atoms with Crippen LogP contribution < -0.4 is 5.73 Å². The molecule has 1 aliphatic rings. The van der Waals surface area contributed by atoms with Crippen LogP contribution in [0.4, 0.5) is 0 Å². The second-order valence-corrected chi connectivity index (χ2v) is 3.68. The largest absolute Gasteiger partial charge is 0.504 e. The molecule has 1 saturated carbocycles. The van der Waals surface area contributed by atoms with Gasteiger partial charge in [0.15, 0.2) is 11.5 Å². The molecule has 1 aromatic rings. The summed E-state index contributed by atoms with van der Waals surface area (Å²) in [4.78, 5) is 0. The highest BCUT2D eigenvalue weighted by molar-refractivity contribution is 5.48. The van der Waals surface area contributed by atoms with Gasteiger partial charge in [-0.25, -0.2) is 0 Å². The van der Waals surface area contributed by atoms with Gasteiger partial charge in [0.1, 0.15) is 0 Å². The second-order valence-electron chi connectivity index (χ2n) is 3.68. The molecule has 70 valence electrons. The van der Waals surface area contributed by atoms with E-state index < -0.39 is 5.54 Å². The summed E-state index contributed by atoms with van der Waals surface area (Å²) in [6.07, 6.45) is 2.85. The lowest BCUT2D eigenvalue weighted by atomic mass is 9.72. The number of phenols is 2. The highest BCUT2D eigenvalue weighted by Gasteiger charge is 2.36. The summed E-state index contributed by atoms with van der Waals surface area (Å²) in [6, 6.07) is 4.94. The van der Waals surface area contributed by atoms with Crippen LogP contribution in [0.15, 0.2) is 18.2 Å². The van der Waals surface area contributed by atoms with Crippen molar-refractivity contribution in [2.45, 2.75) is 24.8 Å². The molecule has 0 aliphatic heterocycles. The minimum absolute atomic E-state index is 0.0651. The van der Waals surface area contributed by atoms with Crippen molar-refractivity contribution in [3.05, 3.63) is 23.8 Å². The summed E-state index contributed by atoms with van der Waals surface area (Å²) < 4.78 is 0. The van der Waals surface area contributed by atoms with Crippen LogP contribution in [-0.4, -0.2) is 10.2 Å². The van der Waals surface area contributed by atoms with Gasteiger partial charge in [-0.1, -0.05) is 12.1 Å². The molecule has 1 aromatic carbocycles. The molecule has 3 nitrogen and oxygen atoms in total. The molecular formula is C10H13NO2. The molecule has 0 aromatic heterocycles. The summed E-state index contributed by atoms with van der Waals surface area (Å²) in [5.41, 5.74) is 6.27. The lowest BCUT2D eigenvalue weighted by molar-refractivity contribution is 0.243. The van der Waals surface area contributed by atoms with E-state index in [1.807, 2.05) is 0 Å². The zero-order valence-corrected chi connectivity index (χ0v) is 7.33. The van der Waals surface area contributed by atoms with Crippen LogP contribution >= 0.6 is 0 Å². The van der Waals surface area contributed by atoms with Gasteiger partial charge in [0.25, 0.3) is 0 Å². The molecule has 3 heteroatoms. The molecule has 0 atom stereocenters. The van der Waals surface area contributed by atoms with Gasteiger partial charge in [0, 0.05) is 11.1 Å². The maximum absolute atomic E-state index is 9.57. The smallest absolute Gasteiger partial charge is 0.162 e. The Morgan fingerprint density at radius 1 is 1.23 bits per heavy atom. The Hall–Kier alpha value is -1.22. The highest BCUT2D eigenvalue weighted by atomic mass is 16.3. The Kier molecular flexibility index (Phi) is 1.70. The summed E-state index contributed by atoms with van der Waals surface area (Å²) in [6.45, 7) is 0. The third-order valence-electron chi connectivity index (χ3n) is 2.80. The van der Waals surface area contributed by atoms with Crippen LogP contribution in [0.25, 0.3) is 0 Å². The molecule has 0 unspecified atom stereocenters. The number of benzene rings is 1. The SMILES string of the molecule is NC1(c2cccc(O)c2O)CCC1. The molecule has 4 N–H and O–H groups in total. The Labute approximate surface area is 76.8 Å². The van der Waals surface area contributed by atoms with E-state index in [1.165, 1.54) is 6.07 Å². The van der Waals surface area contributed by atoms with Crippen LogP contribution in [0.3, 0.4) is 0 Å². The van der Waals surface area contributed by atoms with Crippen LogP contribution in [-0.2, 0) is 5.54 Å². The van der Waals surface area contributed by atoms with E-state index in [0.717, 1.165) is 19.3 Å². The first-order valence-corrected chi connectivity index (χ1v) is 4.44. The first-order chi connectivity index (χ1) is 6.13. The molecule has 1 aliphatic carbocycles. The number of hydrogen-bond donors (Lipinski definition) is 3. The number of para-hydroxylation sites is 1. The molecule has 13 heavy (non-hydrogen) atoms. The first-order valence-electron chi connectivity index (χ1n) is 4.44. The van der Waals surface area contributed by atoms with Gasteiger partial charge in [0.2, 0.25) is 0 Å². The van der Waals surface area contributed by atoms with Crippen molar-refractivity contribution >= 4 is 0 Å². The normalized spacial score (nSPS) is 19.5. The van der Waals surface area contributed by atoms with Crippen molar-refractivity contribution in [3.8, 4) is 11.5 Å². The molecule has 0 saturated heterocycles. The summed E-state index contributed by atoms with van der Waals surface area (Å²) in [7, 11) is 0. The molecule has 0 radical (unpaired) electrons. The van der Waals surface area contributed by atoms with Gasteiger partial charge in [0.05, 0.1) is 0 Å². The fourth-order valence-corrected chi connectivity index (χ4v) is 1.76. The van der Waals surface area contributed by atoms with Gasteiger partial charge in [-0.2, -0.15) is 0 Å². The van der Waals surface area contributed by atoms with E-state index in [9.17, 15) is 10.2 Å². The lowest BCUT2D eigenvalue weighted by Gasteiger charge is -2.38. The zero-order chi connectivity index (χ0) is 9.47. The maximum Gasteiger partial charge on any atom is 0.162 e. The molecular weight excluding hydrogens is 166 g/mol. The van der Waals surface area contributed by atoms with E-state index in [0.29, 0.717) is 5.56 Å². The summed E-state index contributed by atoms with van der Waals surface area (Å²) >= 11 is 0. The predicted molar refractivity (Wildman–Crippen MR) is 49.5 cm³/mol. The second kappa shape index (κ2) is 2.64. The lowest BCUT2D eigenvalue weighted by Crippen LogP contribution is -2.43. The van der Waals surface area contributed by atoms with E-state index in [-0.39, 0.29) is 11.5 Å². The predicted octanol–water partition coefficient (Wildman–Crippen LogP) is 1.44. The summed E-state index contributed by atoms with van der Waals surface area (Å²) in [5.74, 6) is -0.154. The highest BCUT2D eigenvalue weighted by Crippen LogP contribution is 2.44. The van der Waals surface area contributed by atoms with Crippen molar-refractivity contribution in [2.75, 3.05) is 0 Å². The fourth-order valence-electron chi connectivity index (χ4n) is 1.76. The summed E-state index contributed by atoms with van der Waals surface area (Å²) in [5, 5.41) is 18.8. The number of phenolic OH excluding ortho intramolecular Hbond substituents is 2. The third kappa shape index (κ3) is 1.16. The molecule has 0 bridgehead atoms. The molecule has 0 amide bonds. The number of hydrogen-bond acceptors (Lipinski definition) is 3. The average Bonchev–Trinajstić information content (AvgIpc) is 2.06. The van der Waals surface area contributed by atoms with Crippen LogP contribution in [0.1, 0.15) is 24.8 Å². The standard InChI is InChI=1S/C10H13NO2/c11-10(5-2-6-10)7-3-1-4-8(12)9(7)13/h1,3-4,12-13H,2,5-6,11H2. The minimum atomic E-state index is -0.414. The van der Waals surface area contributed by atoms with E-state index in [2.05, 4.69) is 0 Å². The van der Waals surface area contributed by atoms with Crippen molar-refractivity contribution in [1.82, 2.24) is 0 Å². The Morgan fingerprint density at radius 2 is 1.92 bits per heavy atom. The Balaban J connectivity index is 2.45. The first kappa shape index (κ1) is 8.38. The van der Waals surface area contributed by atoms with Crippen LogP contribution in [0.2, 0.25) is 0 Å². The monoisotopic (exact) mass is 179 g/mol. The maximum atomic E-state index is 9.57. The average molecular weight is 179 g/mol. The van der Waals surface area contributed by atoms with Gasteiger partial charge >= 0.3 is 0 Å². The minimum Gasteiger partial charge on any atom is -0.504 e. The van der Waals surface area contributed by atoms with E-state index >= 15 is 0 Å². The van der Waals surface area contributed by atoms with Gasteiger partial charge < -0.3 is 15.9 Å². The zero-order valence-electron chi connectivity index (χ0n) is 7.33.